The molecule has 0 saturated carbocycles. The minimum absolute atomic E-state index is 0.317. The lowest BCUT2D eigenvalue weighted by molar-refractivity contribution is 0.165. The van der Waals surface area contributed by atoms with Gasteiger partial charge in [-0.05, 0) is 31.2 Å². The van der Waals surface area contributed by atoms with E-state index in [1.54, 1.807) is 0 Å². The van der Waals surface area contributed by atoms with Crippen LogP contribution < -0.4 is 5.32 Å². The van der Waals surface area contributed by atoms with Crippen molar-refractivity contribution in [2.24, 2.45) is 0 Å². The van der Waals surface area contributed by atoms with Gasteiger partial charge in [0.15, 0.2) is 0 Å². The molecule has 4 nitrogen and oxygen atoms in total. The Morgan fingerprint density at radius 1 is 1.42 bits per heavy atom. The van der Waals surface area contributed by atoms with E-state index < -0.39 is 0 Å². The SMILES string of the molecule is CCN(CCNC(=O)OC)[C@@H](C)c1ccc(Br)cc1. The Bertz CT molecular complexity index is 395. The molecule has 0 spiro atoms. The molecule has 0 aliphatic heterocycles. The van der Waals surface area contributed by atoms with Gasteiger partial charge in [-0.15, -0.1) is 0 Å². The number of alkyl carbamates (subject to hydrolysis) is 1. The number of amides is 1. The molecule has 1 atom stereocenters. The van der Waals surface area contributed by atoms with Crippen LogP contribution in [0.4, 0.5) is 4.79 Å². The Balaban J connectivity index is 2.53. The highest BCUT2D eigenvalue weighted by molar-refractivity contribution is 9.10. The standard InChI is InChI=1S/C14H21BrN2O2/c1-4-17(10-9-16-14(18)19-3)11(2)12-5-7-13(15)8-6-12/h5-8,11H,4,9-10H2,1-3H3,(H,16,18)/t11-/m0/s1. The van der Waals surface area contributed by atoms with E-state index in [0.717, 1.165) is 17.6 Å². The minimum atomic E-state index is -0.382. The molecular weight excluding hydrogens is 308 g/mol. The lowest BCUT2D eigenvalue weighted by atomic mass is 10.1. The number of carbonyl (C=O) groups excluding carboxylic acids is 1. The van der Waals surface area contributed by atoms with Crippen LogP contribution in [-0.2, 0) is 4.74 Å². The van der Waals surface area contributed by atoms with Crippen molar-refractivity contribution < 1.29 is 9.53 Å². The van der Waals surface area contributed by atoms with Gasteiger partial charge in [-0.25, -0.2) is 4.79 Å². The van der Waals surface area contributed by atoms with Crippen LogP contribution in [0, 0.1) is 0 Å². The number of nitrogens with one attached hydrogen (secondary N) is 1. The quantitative estimate of drug-likeness (QED) is 0.871. The van der Waals surface area contributed by atoms with Gasteiger partial charge >= 0.3 is 6.09 Å². The smallest absolute Gasteiger partial charge is 0.406 e. The molecule has 0 aromatic heterocycles. The van der Waals surface area contributed by atoms with Gasteiger partial charge in [-0.2, -0.15) is 0 Å². The maximum atomic E-state index is 11.0. The largest absolute Gasteiger partial charge is 0.453 e. The van der Waals surface area contributed by atoms with Crippen molar-refractivity contribution in [3.63, 3.8) is 0 Å². The Morgan fingerprint density at radius 2 is 2.05 bits per heavy atom. The van der Waals surface area contributed by atoms with Gasteiger partial charge in [-0.1, -0.05) is 35.0 Å². The lowest BCUT2D eigenvalue weighted by Gasteiger charge is -2.28. The topological polar surface area (TPSA) is 41.6 Å². The van der Waals surface area contributed by atoms with E-state index in [0.29, 0.717) is 12.6 Å². The van der Waals surface area contributed by atoms with E-state index >= 15 is 0 Å². The summed E-state index contributed by atoms with van der Waals surface area (Å²) in [6, 6.07) is 8.65. The van der Waals surface area contributed by atoms with Gasteiger partial charge in [0.1, 0.15) is 0 Å². The maximum Gasteiger partial charge on any atom is 0.406 e. The molecule has 0 saturated heterocycles. The van der Waals surface area contributed by atoms with E-state index in [1.165, 1.54) is 12.7 Å². The van der Waals surface area contributed by atoms with Gasteiger partial charge < -0.3 is 10.1 Å². The third-order valence-electron chi connectivity index (χ3n) is 3.16. The summed E-state index contributed by atoms with van der Waals surface area (Å²) in [5.41, 5.74) is 1.27. The third kappa shape index (κ3) is 5.20. The summed E-state index contributed by atoms with van der Waals surface area (Å²) in [6.45, 7) is 6.60. The fourth-order valence-electron chi connectivity index (χ4n) is 1.95. The summed E-state index contributed by atoms with van der Waals surface area (Å²) in [4.78, 5) is 13.3. The average molecular weight is 329 g/mol. The molecule has 1 rings (SSSR count). The van der Waals surface area contributed by atoms with Crippen LogP contribution in [0.5, 0.6) is 0 Å². The van der Waals surface area contributed by atoms with Crippen LogP contribution in [0.3, 0.4) is 0 Å². The van der Waals surface area contributed by atoms with Crippen molar-refractivity contribution in [1.29, 1.82) is 0 Å². The first-order valence-corrected chi connectivity index (χ1v) is 7.19. The monoisotopic (exact) mass is 328 g/mol. The normalized spacial score (nSPS) is 12.3. The minimum Gasteiger partial charge on any atom is -0.453 e. The first kappa shape index (κ1) is 16.0. The molecule has 0 radical (unpaired) electrons. The van der Waals surface area contributed by atoms with Crippen LogP contribution in [0.1, 0.15) is 25.5 Å². The van der Waals surface area contributed by atoms with Crippen LogP contribution in [0.25, 0.3) is 0 Å². The Hall–Kier alpha value is -1.07. The molecule has 1 N–H and O–H groups in total. The zero-order valence-corrected chi connectivity index (χ0v) is 13.2. The van der Waals surface area contributed by atoms with Gasteiger partial charge in [0.05, 0.1) is 7.11 Å². The van der Waals surface area contributed by atoms with Gasteiger partial charge in [0, 0.05) is 23.6 Å². The second kappa shape index (κ2) is 8.17. The molecule has 0 aliphatic carbocycles. The van der Waals surface area contributed by atoms with Crippen molar-refractivity contribution in [2.75, 3.05) is 26.7 Å². The second-order valence-corrected chi connectivity index (χ2v) is 5.19. The predicted molar refractivity (Wildman–Crippen MR) is 80.2 cm³/mol. The van der Waals surface area contributed by atoms with Crippen LogP contribution >= 0.6 is 15.9 Å². The average Bonchev–Trinajstić information content (AvgIpc) is 2.43. The molecule has 0 bridgehead atoms. The number of ether oxygens (including phenoxy) is 1. The summed E-state index contributed by atoms with van der Waals surface area (Å²) in [5, 5.41) is 2.70. The molecule has 0 aliphatic rings. The number of nitrogens with zero attached hydrogens (tertiary/aromatic N) is 1. The molecular formula is C14H21BrN2O2. The van der Waals surface area contributed by atoms with Crippen LogP contribution in [0.2, 0.25) is 0 Å². The highest BCUT2D eigenvalue weighted by atomic mass is 79.9. The zero-order chi connectivity index (χ0) is 14.3. The van der Waals surface area contributed by atoms with Crippen molar-refractivity contribution in [3.8, 4) is 0 Å². The molecule has 1 aromatic rings. The highest BCUT2D eigenvalue weighted by Gasteiger charge is 2.14. The van der Waals surface area contributed by atoms with Crippen LogP contribution in [-0.4, -0.2) is 37.7 Å². The van der Waals surface area contributed by atoms with E-state index in [-0.39, 0.29) is 6.09 Å². The number of methoxy groups -OCH3 is 1. The number of rotatable bonds is 6. The van der Waals surface area contributed by atoms with Crippen LogP contribution in [0.15, 0.2) is 28.7 Å². The fraction of sp³-hybridized carbons (Fsp3) is 0.500. The second-order valence-electron chi connectivity index (χ2n) is 4.27. The molecule has 19 heavy (non-hydrogen) atoms. The van der Waals surface area contributed by atoms with Crippen molar-refractivity contribution in [1.82, 2.24) is 10.2 Å². The van der Waals surface area contributed by atoms with Crippen molar-refractivity contribution in [3.05, 3.63) is 34.3 Å². The Labute approximate surface area is 123 Å². The summed E-state index contributed by atoms with van der Waals surface area (Å²) in [5.74, 6) is 0. The van der Waals surface area contributed by atoms with Crippen molar-refractivity contribution >= 4 is 22.0 Å². The number of likely N-dealkylation sites (N-methyl/N-ethyl adjacent to an activating group) is 1. The summed E-state index contributed by atoms with van der Waals surface area (Å²) in [6.07, 6.45) is -0.382. The van der Waals surface area contributed by atoms with Gasteiger partial charge in [0.2, 0.25) is 0 Å². The molecule has 0 fully saturated rings. The van der Waals surface area contributed by atoms with E-state index in [9.17, 15) is 4.79 Å². The van der Waals surface area contributed by atoms with E-state index in [1.807, 2.05) is 12.1 Å². The zero-order valence-electron chi connectivity index (χ0n) is 11.6. The maximum absolute atomic E-state index is 11.0. The molecule has 1 aromatic carbocycles. The third-order valence-corrected chi connectivity index (χ3v) is 3.69. The number of carbonyl (C=O) groups is 1. The molecule has 106 valence electrons. The number of hydrogen-bond acceptors (Lipinski definition) is 3. The van der Waals surface area contributed by atoms with Crippen molar-refractivity contribution in [2.45, 2.75) is 19.9 Å². The number of benzene rings is 1. The highest BCUT2D eigenvalue weighted by Crippen LogP contribution is 2.21. The summed E-state index contributed by atoms with van der Waals surface area (Å²) in [7, 11) is 1.37. The summed E-state index contributed by atoms with van der Waals surface area (Å²) >= 11 is 3.44. The fourth-order valence-corrected chi connectivity index (χ4v) is 2.22. The number of halogens is 1. The van der Waals surface area contributed by atoms with E-state index in [2.05, 4.69) is 56.9 Å². The number of hydrogen-bond donors (Lipinski definition) is 1. The molecule has 1 amide bonds. The molecule has 0 heterocycles. The summed E-state index contributed by atoms with van der Waals surface area (Å²) < 4.78 is 5.63. The predicted octanol–water partition coefficient (Wildman–Crippen LogP) is 3.19. The first-order valence-electron chi connectivity index (χ1n) is 6.39. The molecule has 5 heteroatoms. The lowest BCUT2D eigenvalue weighted by Crippen LogP contribution is -2.36. The molecule has 0 unspecified atom stereocenters. The Morgan fingerprint density at radius 3 is 2.58 bits per heavy atom. The Kier molecular flexibility index (Phi) is 6.87. The van der Waals surface area contributed by atoms with Gasteiger partial charge in [0.25, 0.3) is 0 Å². The van der Waals surface area contributed by atoms with Gasteiger partial charge in [-0.3, -0.25) is 4.90 Å². The first-order chi connectivity index (χ1) is 9.08. The van der Waals surface area contributed by atoms with E-state index in [4.69, 9.17) is 0 Å².